The molecule has 2 aromatic rings. The van der Waals surface area contributed by atoms with Crippen LogP contribution in [0, 0.1) is 5.82 Å². The molecular weight excluding hydrogens is 331 g/mol. The number of aliphatic hydroxyl groups is 1. The third-order valence-electron chi connectivity index (χ3n) is 2.76. The van der Waals surface area contributed by atoms with Gasteiger partial charge in [-0.2, -0.15) is 5.10 Å². The molecule has 1 aromatic heterocycles. The van der Waals surface area contributed by atoms with E-state index in [0.717, 1.165) is 0 Å². The normalized spacial score (nSPS) is 10.8. The van der Waals surface area contributed by atoms with Crippen LogP contribution in [0.25, 0.3) is 5.69 Å². The molecule has 0 aliphatic carbocycles. The quantitative estimate of drug-likeness (QED) is 0.874. The van der Waals surface area contributed by atoms with Crippen molar-refractivity contribution in [2.24, 2.45) is 0 Å². The van der Waals surface area contributed by atoms with Crippen molar-refractivity contribution in [2.45, 2.75) is 12.8 Å². The molecule has 0 amide bonds. The maximum absolute atomic E-state index is 13.2. The van der Waals surface area contributed by atoms with E-state index in [-0.39, 0.29) is 16.8 Å². The first-order chi connectivity index (χ1) is 9.52. The fourth-order valence-electron chi connectivity index (χ4n) is 1.80. The third-order valence-corrected chi connectivity index (χ3v) is 3.37. The van der Waals surface area contributed by atoms with Crippen molar-refractivity contribution >= 4 is 21.9 Å². The molecule has 0 saturated carbocycles. The number of nitrogens with zero attached hydrogens (tertiary/aromatic N) is 2. The van der Waals surface area contributed by atoms with Crippen LogP contribution in [-0.4, -0.2) is 32.6 Å². The van der Waals surface area contributed by atoms with E-state index < -0.39 is 11.8 Å². The highest BCUT2D eigenvalue weighted by molar-refractivity contribution is 9.10. The van der Waals surface area contributed by atoms with E-state index in [0.29, 0.717) is 24.1 Å². The topological polar surface area (TPSA) is 75.3 Å². The van der Waals surface area contributed by atoms with Crippen molar-refractivity contribution in [3.63, 3.8) is 0 Å². The fourth-order valence-corrected chi connectivity index (χ4v) is 2.17. The van der Waals surface area contributed by atoms with Crippen molar-refractivity contribution in [2.75, 3.05) is 6.61 Å². The molecule has 0 radical (unpaired) electrons. The van der Waals surface area contributed by atoms with Crippen molar-refractivity contribution in [3.05, 3.63) is 45.9 Å². The van der Waals surface area contributed by atoms with Gasteiger partial charge in [0.25, 0.3) is 0 Å². The van der Waals surface area contributed by atoms with Crippen LogP contribution >= 0.6 is 15.9 Å². The Morgan fingerprint density at radius 2 is 2.20 bits per heavy atom. The Labute approximate surface area is 122 Å². The van der Waals surface area contributed by atoms with Crippen molar-refractivity contribution < 1.29 is 19.4 Å². The predicted molar refractivity (Wildman–Crippen MR) is 73.6 cm³/mol. The van der Waals surface area contributed by atoms with Crippen LogP contribution in [0.2, 0.25) is 0 Å². The summed E-state index contributed by atoms with van der Waals surface area (Å²) >= 11 is 3.07. The van der Waals surface area contributed by atoms with Crippen molar-refractivity contribution in [3.8, 4) is 5.69 Å². The second-order valence-corrected chi connectivity index (χ2v) is 5.03. The molecule has 1 aromatic carbocycles. The van der Waals surface area contributed by atoms with E-state index in [9.17, 15) is 9.18 Å². The van der Waals surface area contributed by atoms with Crippen molar-refractivity contribution in [1.82, 2.24) is 9.78 Å². The molecule has 0 aliphatic rings. The van der Waals surface area contributed by atoms with Gasteiger partial charge in [0, 0.05) is 18.4 Å². The minimum absolute atomic E-state index is 0.0215. The van der Waals surface area contributed by atoms with Crippen LogP contribution in [0.15, 0.2) is 28.9 Å². The first-order valence-electron chi connectivity index (χ1n) is 5.91. The summed E-state index contributed by atoms with van der Waals surface area (Å²) in [4.78, 5) is 11.1. The SMILES string of the molecule is O=C(O)c1nn(-c2ccc(F)c(Br)c2)cc1CCCO. The highest BCUT2D eigenvalue weighted by Crippen LogP contribution is 2.20. The lowest BCUT2D eigenvalue weighted by Gasteiger charge is -2.02. The molecule has 0 spiro atoms. The van der Waals surface area contributed by atoms with Gasteiger partial charge in [0.05, 0.1) is 10.2 Å². The highest BCUT2D eigenvalue weighted by Gasteiger charge is 2.16. The van der Waals surface area contributed by atoms with Gasteiger partial charge in [0.15, 0.2) is 5.69 Å². The van der Waals surface area contributed by atoms with E-state index in [1.54, 1.807) is 6.20 Å². The highest BCUT2D eigenvalue weighted by atomic mass is 79.9. The van der Waals surface area contributed by atoms with Crippen LogP contribution < -0.4 is 0 Å². The number of hydrogen-bond donors (Lipinski definition) is 2. The molecule has 7 heteroatoms. The van der Waals surface area contributed by atoms with Crippen LogP contribution in [0.5, 0.6) is 0 Å². The van der Waals surface area contributed by atoms with E-state index >= 15 is 0 Å². The number of halogens is 2. The number of rotatable bonds is 5. The Bertz CT molecular complexity index is 643. The molecule has 0 fully saturated rings. The first kappa shape index (κ1) is 14.7. The number of benzene rings is 1. The zero-order valence-corrected chi connectivity index (χ0v) is 12.0. The van der Waals surface area contributed by atoms with Crippen LogP contribution in [0.4, 0.5) is 4.39 Å². The lowest BCUT2D eigenvalue weighted by Crippen LogP contribution is -2.03. The summed E-state index contributed by atoms with van der Waals surface area (Å²) in [7, 11) is 0. The van der Waals surface area contributed by atoms with Gasteiger partial charge in [0.1, 0.15) is 5.82 Å². The molecule has 20 heavy (non-hydrogen) atoms. The molecule has 2 N–H and O–H groups in total. The van der Waals surface area contributed by atoms with Crippen LogP contribution in [0.3, 0.4) is 0 Å². The van der Waals surface area contributed by atoms with Gasteiger partial charge in [-0.25, -0.2) is 13.9 Å². The smallest absolute Gasteiger partial charge is 0.356 e. The minimum Gasteiger partial charge on any atom is -0.476 e. The second kappa shape index (κ2) is 6.15. The molecule has 0 saturated heterocycles. The lowest BCUT2D eigenvalue weighted by atomic mass is 10.1. The van der Waals surface area contributed by atoms with E-state index in [4.69, 9.17) is 10.2 Å². The Kier molecular flexibility index (Phi) is 4.51. The molecule has 106 valence electrons. The van der Waals surface area contributed by atoms with E-state index in [1.165, 1.54) is 22.9 Å². The van der Waals surface area contributed by atoms with Gasteiger partial charge >= 0.3 is 5.97 Å². The second-order valence-electron chi connectivity index (χ2n) is 4.18. The fraction of sp³-hybridized carbons (Fsp3) is 0.231. The largest absolute Gasteiger partial charge is 0.476 e. The molecule has 1 heterocycles. The van der Waals surface area contributed by atoms with E-state index in [1.807, 2.05) is 0 Å². The summed E-state index contributed by atoms with van der Waals surface area (Å²) in [6.07, 6.45) is 2.46. The Balaban J connectivity index is 2.41. The number of aromatic carboxylic acids is 1. The maximum Gasteiger partial charge on any atom is 0.356 e. The van der Waals surface area contributed by atoms with Gasteiger partial charge in [-0.3, -0.25) is 0 Å². The zero-order chi connectivity index (χ0) is 14.7. The monoisotopic (exact) mass is 342 g/mol. The van der Waals surface area contributed by atoms with Gasteiger partial charge in [-0.15, -0.1) is 0 Å². The lowest BCUT2D eigenvalue weighted by molar-refractivity contribution is 0.0688. The molecule has 0 unspecified atom stereocenters. The number of aliphatic hydroxyl groups excluding tert-OH is 1. The molecule has 0 atom stereocenters. The Morgan fingerprint density at radius 3 is 2.80 bits per heavy atom. The van der Waals surface area contributed by atoms with Crippen LogP contribution in [0.1, 0.15) is 22.5 Å². The molecule has 0 aliphatic heterocycles. The summed E-state index contributed by atoms with van der Waals surface area (Å²) in [6, 6.07) is 4.30. The van der Waals surface area contributed by atoms with E-state index in [2.05, 4.69) is 21.0 Å². The standard InChI is InChI=1S/C13H12BrFN2O3/c14-10-6-9(3-4-11(10)15)17-7-8(2-1-5-18)12(16-17)13(19)20/h3-4,6-7,18H,1-2,5H2,(H,19,20). The number of aryl methyl sites for hydroxylation is 1. The summed E-state index contributed by atoms with van der Waals surface area (Å²) in [5, 5.41) is 21.9. The van der Waals surface area contributed by atoms with Gasteiger partial charge in [-0.1, -0.05) is 0 Å². The number of aromatic nitrogens is 2. The maximum atomic E-state index is 13.2. The molecule has 0 bridgehead atoms. The van der Waals surface area contributed by atoms with Gasteiger partial charge in [-0.05, 0) is 47.0 Å². The zero-order valence-electron chi connectivity index (χ0n) is 10.4. The summed E-state index contributed by atoms with van der Waals surface area (Å²) in [6.45, 7) is -0.0215. The first-order valence-corrected chi connectivity index (χ1v) is 6.70. The summed E-state index contributed by atoms with van der Waals surface area (Å²) in [5.41, 5.74) is 1.03. The van der Waals surface area contributed by atoms with Crippen molar-refractivity contribution in [1.29, 1.82) is 0 Å². The molecule has 2 rings (SSSR count). The molecular formula is C13H12BrFN2O3. The Morgan fingerprint density at radius 1 is 1.45 bits per heavy atom. The average molecular weight is 343 g/mol. The van der Waals surface area contributed by atoms with Gasteiger partial charge in [0.2, 0.25) is 0 Å². The van der Waals surface area contributed by atoms with Gasteiger partial charge < -0.3 is 10.2 Å². The minimum atomic E-state index is -1.13. The summed E-state index contributed by atoms with van der Waals surface area (Å²) in [5.74, 6) is -1.53. The Hall–Kier alpha value is -1.73. The number of carbonyl (C=O) groups is 1. The third kappa shape index (κ3) is 3.05. The number of carboxylic acids is 1. The van der Waals surface area contributed by atoms with Crippen LogP contribution in [-0.2, 0) is 6.42 Å². The molecule has 5 nitrogen and oxygen atoms in total. The number of hydrogen-bond acceptors (Lipinski definition) is 3. The number of carboxylic acid groups (broad SMARTS) is 1. The summed E-state index contributed by atoms with van der Waals surface area (Å²) < 4.78 is 14.9. The average Bonchev–Trinajstić information content (AvgIpc) is 2.84. The predicted octanol–water partition coefficient (Wildman–Crippen LogP) is 2.40.